The van der Waals surface area contributed by atoms with Gasteiger partial charge in [0.15, 0.2) is 11.6 Å². The van der Waals surface area contributed by atoms with Crippen LogP contribution in [0.4, 0.5) is 5.69 Å². The van der Waals surface area contributed by atoms with Crippen molar-refractivity contribution in [3.05, 3.63) is 135 Å². The summed E-state index contributed by atoms with van der Waals surface area (Å²) in [5, 5.41) is 3.63. The summed E-state index contributed by atoms with van der Waals surface area (Å²) < 4.78 is 5.82. The zero-order chi connectivity index (χ0) is 30.7. The van der Waals surface area contributed by atoms with Gasteiger partial charge in [0.2, 0.25) is 5.91 Å². The van der Waals surface area contributed by atoms with Gasteiger partial charge in [-0.3, -0.25) is 14.4 Å². The number of halogens is 2. The molecule has 6 nitrogen and oxygen atoms in total. The Morgan fingerprint density at radius 3 is 2.39 bits per heavy atom. The van der Waals surface area contributed by atoms with E-state index in [9.17, 15) is 14.4 Å². The summed E-state index contributed by atoms with van der Waals surface area (Å²) in [7, 11) is 0. The zero-order valence-corrected chi connectivity index (χ0v) is 25.5. The molecular formula is C36H28Cl2N2O4. The first-order chi connectivity index (χ1) is 21.2. The molecule has 7 rings (SSSR count). The van der Waals surface area contributed by atoms with E-state index in [-0.39, 0.29) is 34.2 Å². The number of benzene rings is 4. The third-order valence-corrected chi connectivity index (χ3v) is 9.38. The van der Waals surface area contributed by atoms with Crippen LogP contribution in [-0.2, 0) is 10.2 Å². The minimum Gasteiger partial charge on any atom is -0.491 e. The number of ketones is 2. The quantitative estimate of drug-likeness (QED) is 0.222. The largest absolute Gasteiger partial charge is 0.491 e. The second kappa shape index (κ2) is 10.7. The number of nitrogens with one attached hydrogen (secondary N) is 1. The van der Waals surface area contributed by atoms with E-state index in [2.05, 4.69) is 5.32 Å². The number of fused-ring (bicyclic) bond motifs is 6. The third-order valence-electron chi connectivity index (χ3n) is 8.83. The predicted octanol–water partition coefficient (Wildman–Crippen LogP) is 7.76. The van der Waals surface area contributed by atoms with Crippen LogP contribution in [0.5, 0.6) is 5.75 Å². The standard InChI is InChI=1S/C36H28Cl2N2O4/c1-20(2)44-24-14-11-22(12-15-24)32(41)30-31(33(42)26-16-13-23(37)19-28(26)38)40-18-17-21-7-3-4-8-25(21)34(40)36(30)27-9-5-6-10-29(27)39-35(36)43/h3-20,30-31,34H,1-2H3,(H,39,43). The average Bonchev–Trinajstić information content (AvgIpc) is 3.49. The van der Waals surface area contributed by atoms with E-state index < -0.39 is 23.4 Å². The van der Waals surface area contributed by atoms with Crippen LogP contribution >= 0.6 is 23.2 Å². The molecule has 0 aromatic heterocycles. The number of rotatable bonds is 6. The van der Waals surface area contributed by atoms with Crippen LogP contribution < -0.4 is 10.1 Å². The maximum absolute atomic E-state index is 15.0. The Balaban J connectivity index is 1.49. The summed E-state index contributed by atoms with van der Waals surface area (Å²) in [6.07, 6.45) is 3.72. The molecule has 1 spiro atoms. The van der Waals surface area contributed by atoms with Crippen molar-refractivity contribution in [2.75, 3.05) is 5.32 Å². The van der Waals surface area contributed by atoms with E-state index in [4.69, 9.17) is 27.9 Å². The van der Waals surface area contributed by atoms with Crippen LogP contribution in [0, 0.1) is 5.92 Å². The highest BCUT2D eigenvalue weighted by Gasteiger charge is 2.70. The first kappa shape index (κ1) is 28.4. The summed E-state index contributed by atoms with van der Waals surface area (Å²) in [6.45, 7) is 3.86. The van der Waals surface area contributed by atoms with Crippen LogP contribution in [-0.4, -0.2) is 34.5 Å². The molecule has 0 radical (unpaired) electrons. The number of hydrogen-bond donors (Lipinski definition) is 1. The normalized spacial score (nSPS) is 22.9. The molecule has 1 saturated heterocycles. The van der Waals surface area contributed by atoms with Crippen LogP contribution in [0.25, 0.3) is 6.08 Å². The van der Waals surface area contributed by atoms with Crippen molar-refractivity contribution in [1.29, 1.82) is 0 Å². The number of para-hydroxylation sites is 1. The molecule has 3 heterocycles. The second-order valence-corrected chi connectivity index (χ2v) is 12.5. The SMILES string of the molecule is CC(C)Oc1ccc(C(=O)C2C(C(=O)c3ccc(Cl)cc3Cl)N3C=Cc4ccccc4C3C23C(=O)Nc2ccccc23)cc1. The number of carbonyl (C=O) groups is 3. The molecular weight excluding hydrogens is 595 g/mol. The molecule has 3 aliphatic rings. The summed E-state index contributed by atoms with van der Waals surface area (Å²) in [6, 6.07) is 25.1. The minimum atomic E-state index is -1.43. The number of amides is 1. The van der Waals surface area contributed by atoms with Crippen LogP contribution in [0.3, 0.4) is 0 Å². The number of hydrogen-bond acceptors (Lipinski definition) is 5. The highest BCUT2D eigenvalue weighted by atomic mass is 35.5. The van der Waals surface area contributed by atoms with Gasteiger partial charge in [-0.05, 0) is 85.1 Å². The van der Waals surface area contributed by atoms with Crippen molar-refractivity contribution in [3.8, 4) is 5.75 Å². The van der Waals surface area contributed by atoms with Gasteiger partial charge in [-0.2, -0.15) is 0 Å². The smallest absolute Gasteiger partial charge is 0.238 e. The number of anilines is 1. The van der Waals surface area contributed by atoms with Gasteiger partial charge in [-0.25, -0.2) is 0 Å². The van der Waals surface area contributed by atoms with Crippen LogP contribution in [0.1, 0.15) is 57.3 Å². The molecule has 4 aromatic carbocycles. The number of ether oxygens (including phenoxy) is 1. The van der Waals surface area contributed by atoms with Gasteiger partial charge < -0.3 is 15.0 Å². The van der Waals surface area contributed by atoms with E-state index in [0.717, 1.165) is 11.1 Å². The lowest BCUT2D eigenvalue weighted by Crippen LogP contribution is -2.49. The molecule has 4 unspecified atom stereocenters. The van der Waals surface area contributed by atoms with Crippen molar-refractivity contribution in [1.82, 2.24) is 4.90 Å². The molecule has 220 valence electrons. The first-order valence-corrected chi connectivity index (χ1v) is 15.2. The van der Waals surface area contributed by atoms with Crippen molar-refractivity contribution < 1.29 is 19.1 Å². The number of Topliss-reactive ketones (excluding diaryl/α,β-unsaturated/α-hetero) is 2. The zero-order valence-electron chi connectivity index (χ0n) is 24.0. The monoisotopic (exact) mass is 622 g/mol. The Labute approximate surface area is 265 Å². The van der Waals surface area contributed by atoms with Crippen LogP contribution in [0.15, 0.2) is 97.2 Å². The fourth-order valence-corrected chi connectivity index (χ4v) is 7.67. The minimum absolute atomic E-state index is 0.0396. The van der Waals surface area contributed by atoms with Gasteiger partial charge in [0.05, 0.1) is 23.1 Å². The van der Waals surface area contributed by atoms with Gasteiger partial charge in [0, 0.05) is 28.0 Å². The molecule has 3 aliphatic heterocycles. The summed E-state index contributed by atoms with van der Waals surface area (Å²) in [5.41, 5.74) is 2.26. The van der Waals surface area contributed by atoms with Gasteiger partial charge in [0.1, 0.15) is 17.2 Å². The molecule has 44 heavy (non-hydrogen) atoms. The second-order valence-electron chi connectivity index (χ2n) is 11.6. The summed E-state index contributed by atoms with van der Waals surface area (Å²) >= 11 is 12.8. The molecule has 0 saturated carbocycles. The lowest BCUT2D eigenvalue weighted by atomic mass is 9.62. The molecule has 8 heteroatoms. The molecule has 1 amide bonds. The Morgan fingerprint density at radius 1 is 0.909 bits per heavy atom. The van der Waals surface area contributed by atoms with Crippen molar-refractivity contribution in [2.24, 2.45) is 5.92 Å². The first-order valence-electron chi connectivity index (χ1n) is 14.5. The Bertz CT molecular complexity index is 1870. The van der Waals surface area contributed by atoms with Gasteiger partial charge in [-0.15, -0.1) is 0 Å². The molecule has 1 fully saturated rings. The topological polar surface area (TPSA) is 75.7 Å². The van der Waals surface area contributed by atoms with E-state index in [1.54, 1.807) is 36.4 Å². The molecule has 0 aliphatic carbocycles. The molecule has 1 N–H and O–H groups in total. The maximum Gasteiger partial charge on any atom is 0.238 e. The highest BCUT2D eigenvalue weighted by molar-refractivity contribution is 6.37. The van der Waals surface area contributed by atoms with Gasteiger partial charge in [0.25, 0.3) is 0 Å². The highest BCUT2D eigenvalue weighted by Crippen LogP contribution is 2.62. The third kappa shape index (κ3) is 4.20. The van der Waals surface area contributed by atoms with E-state index in [1.807, 2.05) is 79.6 Å². The van der Waals surface area contributed by atoms with Gasteiger partial charge >= 0.3 is 0 Å². The van der Waals surface area contributed by atoms with E-state index >= 15 is 0 Å². The summed E-state index contributed by atoms with van der Waals surface area (Å²) in [4.78, 5) is 46.1. The fraction of sp³-hybridized carbons (Fsp3) is 0.194. The van der Waals surface area contributed by atoms with Crippen LogP contribution in [0.2, 0.25) is 10.0 Å². The Kier molecular flexibility index (Phi) is 6.87. The van der Waals surface area contributed by atoms with Gasteiger partial charge in [-0.1, -0.05) is 65.7 Å². The lowest BCUT2D eigenvalue weighted by Gasteiger charge is -2.38. The molecule has 0 bridgehead atoms. The van der Waals surface area contributed by atoms with Crippen molar-refractivity contribution >= 4 is 52.4 Å². The molecule has 4 aromatic rings. The number of carbonyl (C=O) groups excluding carboxylic acids is 3. The van der Waals surface area contributed by atoms with Crippen molar-refractivity contribution in [2.45, 2.75) is 37.5 Å². The maximum atomic E-state index is 15.0. The Morgan fingerprint density at radius 2 is 1.64 bits per heavy atom. The van der Waals surface area contributed by atoms with E-state index in [1.165, 1.54) is 6.07 Å². The number of nitrogens with zero attached hydrogens (tertiary/aromatic N) is 1. The average molecular weight is 624 g/mol. The summed E-state index contributed by atoms with van der Waals surface area (Å²) in [5.74, 6) is -1.50. The lowest BCUT2D eigenvalue weighted by molar-refractivity contribution is -0.122. The van der Waals surface area contributed by atoms with E-state index in [0.29, 0.717) is 27.6 Å². The predicted molar refractivity (Wildman–Crippen MR) is 171 cm³/mol. The molecule has 4 atom stereocenters. The fourth-order valence-electron chi connectivity index (χ4n) is 7.17. The Hall–Kier alpha value is -4.39. The van der Waals surface area contributed by atoms with Crippen molar-refractivity contribution in [3.63, 3.8) is 0 Å².